The highest BCUT2D eigenvalue weighted by Gasteiger charge is 2.13. The number of para-hydroxylation sites is 1. The molecule has 0 fully saturated rings. The number of hydrogen-bond donors (Lipinski definition) is 2. The first-order valence-electron chi connectivity index (χ1n) is 8.00. The molecule has 3 amide bonds. The minimum Gasteiger partial charge on any atom is -0.343 e. The lowest BCUT2D eigenvalue weighted by Crippen LogP contribution is -2.33. The summed E-state index contributed by atoms with van der Waals surface area (Å²) >= 11 is 0. The number of anilines is 1. The molecule has 0 heterocycles. The molecule has 0 spiro atoms. The Morgan fingerprint density at radius 2 is 1.69 bits per heavy atom. The fraction of sp³-hybridized carbons (Fsp3) is 0.211. The van der Waals surface area contributed by atoms with Crippen molar-refractivity contribution in [1.29, 1.82) is 0 Å². The molecule has 0 saturated heterocycles. The Morgan fingerprint density at radius 3 is 2.38 bits per heavy atom. The highest BCUT2D eigenvalue weighted by Crippen LogP contribution is 2.16. The van der Waals surface area contributed by atoms with Gasteiger partial charge >= 0.3 is 0 Å². The number of carbonyl (C=O) groups excluding carboxylic acids is 3. The maximum absolute atomic E-state index is 13.6. The van der Waals surface area contributed by atoms with E-state index in [1.807, 2.05) is 0 Å². The summed E-state index contributed by atoms with van der Waals surface area (Å²) in [7, 11) is 1.66. The molecule has 0 aliphatic carbocycles. The van der Waals surface area contributed by atoms with Crippen molar-refractivity contribution in [2.75, 3.05) is 18.9 Å². The second-order valence-electron chi connectivity index (χ2n) is 5.74. The molecule has 0 saturated carbocycles. The van der Waals surface area contributed by atoms with E-state index in [4.69, 9.17) is 0 Å². The van der Waals surface area contributed by atoms with Crippen molar-refractivity contribution in [2.24, 2.45) is 0 Å². The lowest BCUT2D eigenvalue weighted by Gasteiger charge is -2.18. The van der Waals surface area contributed by atoms with Crippen molar-refractivity contribution >= 4 is 23.4 Å². The Morgan fingerprint density at radius 1 is 1.04 bits per heavy atom. The summed E-state index contributed by atoms with van der Waals surface area (Å²) in [6.07, 6.45) is 0. The van der Waals surface area contributed by atoms with E-state index in [1.165, 1.54) is 30.0 Å². The van der Waals surface area contributed by atoms with Crippen LogP contribution in [-0.4, -0.2) is 36.2 Å². The SMILES string of the molecule is CC(=O)N(C)Cc1ccccc1NC(=O)CNC(=O)c1ccccc1F. The molecular weight excluding hydrogens is 337 g/mol. The van der Waals surface area contributed by atoms with Crippen LogP contribution in [0, 0.1) is 5.82 Å². The number of nitrogens with zero attached hydrogens (tertiary/aromatic N) is 1. The molecule has 7 heteroatoms. The summed E-state index contributed by atoms with van der Waals surface area (Å²) < 4.78 is 13.6. The van der Waals surface area contributed by atoms with Crippen LogP contribution in [-0.2, 0) is 16.1 Å². The summed E-state index contributed by atoms with van der Waals surface area (Å²) in [6.45, 7) is 1.50. The second kappa shape index (κ2) is 8.75. The van der Waals surface area contributed by atoms with Crippen LogP contribution in [0.5, 0.6) is 0 Å². The van der Waals surface area contributed by atoms with E-state index in [0.717, 1.165) is 5.56 Å². The van der Waals surface area contributed by atoms with Crippen LogP contribution in [0.1, 0.15) is 22.8 Å². The van der Waals surface area contributed by atoms with E-state index in [2.05, 4.69) is 10.6 Å². The number of halogens is 1. The molecule has 0 unspecified atom stereocenters. The molecule has 0 radical (unpaired) electrons. The van der Waals surface area contributed by atoms with Crippen LogP contribution >= 0.6 is 0 Å². The Kier molecular flexibility index (Phi) is 6.43. The number of nitrogens with one attached hydrogen (secondary N) is 2. The van der Waals surface area contributed by atoms with Crippen molar-refractivity contribution in [3.05, 3.63) is 65.5 Å². The first kappa shape index (κ1) is 19.1. The lowest BCUT2D eigenvalue weighted by molar-refractivity contribution is -0.128. The van der Waals surface area contributed by atoms with Gasteiger partial charge in [-0.2, -0.15) is 0 Å². The minimum absolute atomic E-state index is 0.0942. The smallest absolute Gasteiger partial charge is 0.254 e. The van der Waals surface area contributed by atoms with Gasteiger partial charge in [-0.15, -0.1) is 0 Å². The largest absolute Gasteiger partial charge is 0.343 e. The van der Waals surface area contributed by atoms with Gasteiger partial charge in [-0.25, -0.2) is 4.39 Å². The third-order valence-corrected chi connectivity index (χ3v) is 3.76. The quantitative estimate of drug-likeness (QED) is 0.832. The zero-order valence-corrected chi connectivity index (χ0v) is 14.6. The summed E-state index contributed by atoms with van der Waals surface area (Å²) in [5.41, 5.74) is 1.19. The molecule has 136 valence electrons. The van der Waals surface area contributed by atoms with Gasteiger partial charge in [0.05, 0.1) is 12.1 Å². The van der Waals surface area contributed by atoms with Gasteiger partial charge in [-0.05, 0) is 23.8 Å². The topological polar surface area (TPSA) is 78.5 Å². The fourth-order valence-corrected chi connectivity index (χ4v) is 2.24. The molecule has 0 atom stereocenters. The highest BCUT2D eigenvalue weighted by molar-refractivity contribution is 5.99. The van der Waals surface area contributed by atoms with Gasteiger partial charge in [0.25, 0.3) is 5.91 Å². The number of carbonyl (C=O) groups is 3. The van der Waals surface area contributed by atoms with Crippen LogP contribution in [0.25, 0.3) is 0 Å². The molecule has 2 N–H and O–H groups in total. The summed E-state index contributed by atoms with van der Waals surface area (Å²) in [5.74, 6) is -1.86. The van der Waals surface area contributed by atoms with Gasteiger partial charge in [-0.3, -0.25) is 14.4 Å². The average molecular weight is 357 g/mol. The van der Waals surface area contributed by atoms with E-state index in [0.29, 0.717) is 12.2 Å². The number of hydrogen-bond acceptors (Lipinski definition) is 3. The van der Waals surface area contributed by atoms with Gasteiger partial charge in [0.15, 0.2) is 0 Å². The Labute approximate surface area is 151 Å². The average Bonchev–Trinajstić information content (AvgIpc) is 2.61. The van der Waals surface area contributed by atoms with E-state index >= 15 is 0 Å². The highest BCUT2D eigenvalue weighted by atomic mass is 19.1. The fourth-order valence-electron chi connectivity index (χ4n) is 2.24. The van der Waals surface area contributed by atoms with Crippen LogP contribution < -0.4 is 10.6 Å². The summed E-state index contributed by atoms with van der Waals surface area (Å²) in [4.78, 5) is 36.9. The molecule has 0 aromatic heterocycles. The molecule has 6 nitrogen and oxygen atoms in total. The van der Waals surface area contributed by atoms with E-state index in [9.17, 15) is 18.8 Å². The molecule has 2 aromatic carbocycles. The molecule has 0 aliphatic heterocycles. The van der Waals surface area contributed by atoms with Crippen molar-refractivity contribution in [1.82, 2.24) is 10.2 Å². The minimum atomic E-state index is -0.664. The number of rotatable bonds is 6. The van der Waals surface area contributed by atoms with Crippen LogP contribution in [0.4, 0.5) is 10.1 Å². The predicted octanol–water partition coefficient (Wildman–Crippen LogP) is 2.17. The van der Waals surface area contributed by atoms with Crippen LogP contribution in [0.3, 0.4) is 0 Å². The predicted molar refractivity (Wildman–Crippen MR) is 96.0 cm³/mol. The zero-order valence-electron chi connectivity index (χ0n) is 14.6. The first-order valence-corrected chi connectivity index (χ1v) is 8.00. The normalized spacial score (nSPS) is 10.1. The standard InChI is InChI=1S/C19H20FN3O3/c1-13(24)23(2)12-14-7-3-6-10-17(14)22-18(25)11-21-19(26)15-8-4-5-9-16(15)20/h3-10H,11-12H2,1-2H3,(H,21,26)(H,22,25). The maximum atomic E-state index is 13.6. The first-order chi connectivity index (χ1) is 12.4. The van der Waals surface area contributed by atoms with Crippen molar-refractivity contribution in [3.63, 3.8) is 0 Å². The van der Waals surface area contributed by atoms with Gasteiger partial charge in [0.1, 0.15) is 5.82 Å². The monoisotopic (exact) mass is 357 g/mol. The van der Waals surface area contributed by atoms with Gasteiger partial charge in [0.2, 0.25) is 11.8 Å². The summed E-state index contributed by atoms with van der Waals surface area (Å²) in [5, 5.41) is 5.07. The summed E-state index contributed by atoms with van der Waals surface area (Å²) in [6, 6.07) is 12.6. The Hall–Kier alpha value is -3.22. The molecule has 0 bridgehead atoms. The molecular formula is C19H20FN3O3. The van der Waals surface area contributed by atoms with Gasteiger partial charge < -0.3 is 15.5 Å². The Balaban J connectivity index is 1.97. The van der Waals surface area contributed by atoms with E-state index < -0.39 is 17.6 Å². The maximum Gasteiger partial charge on any atom is 0.254 e. The van der Waals surface area contributed by atoms with Crippen molar-refractivity contribution < 1.29 is 18.8 Å². The molecule has 2 rings (SSSR count). The van der Waals surface area contributed by atoms with Gasteiger partial charge in [-0.1, -0.05) is 30.3 Å². The third kappa shape index (κ3) is 5.14. The molecule has 26 heavy (non-hydrogen) atoms. The van der Waals surface area contributed by atoms with Crippen LogP contribution in [0.2, 0.25) is 0 Å². The number of amides is 3. The van der Waals surface area contributed by atoms with Crippen molar-refractivity contribution in [3.8, 4) is 0 Å². The second-order valence-corrected chi connectivity index (χ2v) is 5.74. The molecule has 0 aliphatic rings. The van der Waals surface area contributed by atoms with E-state index in [-0.39, 0.29) is 18.0 Å². The van der Waals surface area contributed by atoms with Crippen molar-refractivity contribution in [2.45, 2.75) is 13.5 Å². The zero-order chi connectivity index (χ0) is 19.1. The van der Waals surface area contributed by atoms with Gasteiger partial charge in [0, 0.05) is 26.2 Å². The third-order valence-electron chi connectivity index (χ3n) is 3.76. The number of benzene rings is 2. The lowest BCUT2D eigenvalue weighted by atomic mass is 10.1. The van der Waals surface area contributed by atoms with E-state index in [1.54, 1.807) is 37.4 Å². The molecule has 2 aromatic rings. The Bertz CT molecular complexity index is 823. The van der Waals surface area contributed by atoms with Crippen LogP contribution in [0.15, 0.2) is 48.5 Å².